The Bertz CT molecular complexity index is 1260. The number of carbonyl (C=O) groups excluding carboxylic acids is 4. The molecule has 2 aromatic rings. The van der Waals surface area contributed by atoms with Crippen LogP contribution >= 0.6 is 0 Å². The Morgan fingerprint density at radius 3 is 2.41 bits per heavy atom. The summed E-state index contributed by atoms with van der Waals surface area (Å²) in [6.45, 7) is 8.71. The van der Waals surface area contributed by atoms with Crippen molar-refractivity contribution in [3.8, 4) is 17.2 Å². The number of ether oxygens (including phenoxy) is 3. The number of Topliss-reactive ketones (excluding diaryl/α,β-unsaturated/α-hetero) is 1. The highest BCUT2D eigenvalue weighted by molar-refractivity contribution is 5.94. The van der Waals surface area contributed by atoms with Gasteiger partial charge in [0, 0.05) is 19.2 Å². The van der Waals surface area contributed by atoms with Gasteiger partial charge >= 0.3 is 12.1 Å². The number of aryl methyl sites for hydroxylation is 1. The first kappa shape index (κ1) is 33.1. The highest BCUT2D eigenvalue weighted by Gasteiger charge is 2.33. The molecule has 2 atom stereocenters. The molecule has 0 fully saturated rings. The number of fused-ring (bicyclic) bond motifs is 1. The van der Waals surface area contributed by atoms with Crippen molar-refractivity contribution in [3.63, 3.8) is 0 Å². The van der Waals surface area contributed by atoms with Gasteiger partial charge in [-0.15, -0.1) is 0 Å². The minimum Gasteiger partial charge on any atom is -0.479 e. The second-order valence-electron chi connectivity index (χ2n) is 8.99. The fourth-order valence-corrected chi connectivity index (χ4v) is 3.90. The van der Waals surface area contributed by atoms with Crippen LogP contribution in [0.3, 0.4) is 0 Å². The summed E-state index contributed by atoms with van der Waals surface area (Å²) in [5.41, 5.74) is 0.754. The largest absolute Gasteiger partial charge is 0.479 e. The van der Waals surface area contributed by atoms with E-state index in [1.54, 1.807) is 38.1 Å². The second-order valence-corrected chi connectivity index (χ2v) is 8.99. The van der Waals surface area contributed by atoms with E-state index in [2.05, 4.69) is 5.32 Å². The summed E-state index contributed by atoms with van der Waals surface area (Å²) in [6.07, 6.45) is -0.510. The van der Waals surface area contributed by atoms with Gasteiger partial charge in [0.15, 0.2) is 17.4 Å². The Balaban J connectivity index is 0.00000287. The molecule has 2 aromatic carbocycles. The van der Waals surface area contributed by atoms with Crippen molar-refractivity contribution >= 4 is 23.8 Å². The Morgan fingerprint density at radius 1 is 1.10 bits per heavy atom. The van der Waals surface area contributed by atoms with Gasteiger partial charge in [-0.25, -0.2) is 13.6 Å². The van der Waals surface area contributed by atoms with E-state index >= 15 is 0 Å². The number of carbonyl (C=O) groups is 4. The van der Waals surface area contributed by atoms with Crippen molar-refractivity contribution in [1.82, 2.24) is 10.2 Å². The molecule has 0 saturated heterocycles. The third-order valence-electron chi connectivity index (χ3n) is 6.08. The number of ketones is 1. The standard InChI is InChI=1S/C27H29F3N2O7.C2H6/c1-4-10-32(27(36)38-21-9-7-6-8-15(21)3)13-16(5-2)26(35)31-19-12-22(34)39-24-18(29)11-17(28)23(30)25(24)37-14-20(19)33;1-2/h6-9,11,16,19H,4-5,10,12-14H2,1-3H3,(H,31,35);1-2H3. The molecular formula is C29H35F3N2O7. The summed E-state index contributed by atoms with van der Waals surface area (Å²) < 4.78 is 57.2. The minimum atomic E-state index is -1.63. The quantitative estimate of drug-likeness (QED) is 0.262. The molecule has 2 amide bonds. The maximum absolute atomic E-state index is 14.2. The third-order valence-corrected chi connectivity index (χ3v) is 6.08. The summed E-state index contributed by atoms with van der Waals surface area (Å²) in [5.74, 6) is -9.76. The lowest BCUT2D eigenvalue weighted by Gasteiger charge is -2.27. The first-order valence-electron chi connectivity index (χ1n) is 13.4. The van der Waals surface area contributed by atoms with Crippen molar-refractivity contribution in [3.05, 3.63) is 53.3 Å². The van der Waals surface area contributed by atoms with Crippen LogP contribution in [-0.2, 0) is 14.4 Å². The number of amides is 2. The van der Waals surface area contributed by atoms with Crippen molar-refractivity contribution in [2.45, 2.75) is 59.9 Å². The molecule has 0 radical (unpaired) electrons. The highest BCUT2D eigenvalue weighted by Crippen LogP contribution is 2.36. The molecule has 0 bridgehead atoms. The van der Waals surface area contributed by atoms with Crippen LogP contribution < -0.4 is 19.5 Å². The number of rotatable bonds is 8. The van der Waals surface area contributed by atoms with Crippen molar-refractivity contribution in [2.75, 3.05) is 19.7 Å². The Kier molecular flexibility index (Phi) is 12.6. The van der Waals surface area contributed by atoms with E-state index in [1.807, 2.05) is 20.8 Å². The van der Waals surface area contributed by atoms with E-state index in [1.165, 1.54) is 4.90 Å². The zero-order valence-corrected chi connectivity index (χ0v) is 23.7. The fraction of sp³-hybridized carbons (Fsp3) is 0.448. The van der Waals surface area contributed by atoms with Crippen LogP contribution in [0.2, 0.25) is 0 Å². The van der Waals surface area contributed by atoms with Crippen LogP contribution in [0.4, 0.5) is 18.0 Å². The molecule has 224 valence electrons. The number of halogens is 3. The van der Waals surface area contributed by atoms with Gasteiger partial charge < -0.3 is 24.4 Å². The molecule has 0 saturated carbocycles. The Hall–Kier alpha value is -4.09. The Morgan fingerprint density at radius 2 is 1.78 bits per heavy atom. The molecular weight excluding hydrogens is 545 g/mol. The maximum Gasteiger partial charge on any atom is 0.415 e. The molecule has 1 heterocycles. The molecule has 41 heavy (non-hydrogen) atoms. The molecule has 9 nitrogen and oxygen atoms in total. The van der Waals surface area contributed by atoms with Crippen LogP contribution in [0.15, 0.2) is 30.3 Å². The lowest BCUT2D eigenvalue weighted by molar-refractivity contribution is -0.138. The summed E-state index contributed by atoms with van der Waals surface area (Å²) in [6, 6.07) is 5.69. The second kappa shape index (κ2) is 15.6. The van der Waals surface area contributed by atoms with E-state index in [4.69, 9.17) is 14.2 Å². The van der Waals surface area contributed by atoms with E-state index < -0.39 is 77.7 Å². The number of hydrogen-bond acceptors (Lipinski definition) is 7. The average molecular weight is 581 g/mol. The third kappa shape index (κ3) is 8.70. The SMILES string of the molecule is CC.CCCN(CC(CC)C(=O)NC1CC(=O)Oc2c(F)cc(F)c(F)c2OCC1=O)C(=O)Oc1ccccc1C. The number of benzene rings is 2. The molecule has 0 aromatic heterocycles. The van der Waals surface area contributed by atoms with Crippen LogP contribution in [0.5, 0.6) is 17.2 Å². The highest BCUT2D eigenvalue weighted by atomic mass is 19.2. The first-order valence-corrected chi connectivity index (χ1v) is 13.4. The fourth-order valence-electron chi connectivity index (χ4n) is 3.90. The predicted molar refractivity (Wildman–Crippen MR) is 143 cm³/mol. The molecule has 1 N–H and O–H groups in total. The van der Waals surface area contributed by atoms with Gasteiger partial charge in [-0.05, 0) is 31.4 Å². The van der Waals surface area contributed by atoms with Crippen molar-refractivity contribution in [1.29, 1.82) is 0 Å². The molecule has 1 aliphatic rings. The first-order chi connectivity index (χ1) is 19.5. The maximum atomic E-state index is 14.2. The van der Waals surface area contributed by atoms with E-state index in [0.717, 1.165) is 5.56 Å². The monoisotopic (exact) mass is 580 g/mol. The number of nitrogens with one attached hydrogen (secondary N) is 1. The van der Waals surface area contributed by atoms with Gasteiger partial charge in [0.1, 0.15) is 18.4 Å². The molecule has 3 rings (SSSR count). The van der Waals surface area contributed by atoms with Crippen LogP contribution in [0.25, 0.3) is 0 Å². The van der Waals surface area contributed by atoms with Gasteiger partial charge in [-0.3, -0.25) is 14.4 Å². The van der Waals surface area contributed by atoms with Crippen LogP contribution in [-0.4, -0.2) is 54.4 Å². The van der Waals surface area contributed by atoms with E-state index in [0.29, 0.717) is 18.7 Å². The topological polar surface area (TPSA) is 111 Å². The van der Waals surface area contributed by atoms with Crippen LogP contribution in [0.1, 0.15) is 52.5 Å². The summed E-state index contributed by atoms with van der Waals surface area (Å²) in [7, 11) is 0. The summed E-state index contributed by atoms with van der Waals surface area (Å²) >= 11 is 0. The number of para-hydroxylation sites is 1. The summed E-state index contributed by atoms with van der Waals surface area (Å²) in [4.78, 5) is 52.5. The lowest BCUT2D eigenvalue weighted by Crippen LogP contribution is -2.49. The Labute approximate surface area is 236 Å². The number of hydrogen-bond donors (Lipinski definition) is 1. The molecule has 0 spiro atoms. The predicted octanol–water partition coefficient (Wildman–Crippen LogP) is 5.12. The van der Waals surface area contributed by atoms with Gasteiger partial charge in [0.25, 0.3) is 0 Å². The van der Waals surface area contributed by atoms with Crippen LogP contribution in [0, 0.1) is 30.3 Å². The van der Waals surface area contributed by atoms with Gasteiger partial charge in [0.05, 0.1) is 12.3 Å². The smallest absolute Gasteiger partial charge is 0.415 e. The lowest BCUT2D eigenvalue weighted by atomic mass is 10.0. The van der Waals surface area contributed by atoms with Crippen molar-refractivity contribution < 1.29 is 46.6 Å². The zero-order valence-electron chi connectivity index (χ0n) is 23.7. The molecule has 1 aliphatic heterocycles. The minimum absolute atomic E-state index is 0.0378. The zero-order chi connectivity index (χ0) is 30.7. The normalized spacial score (nSPS) is 15.4. The van der Waals surface area contributed by atoms with Gasteiger partial charge in [0.2, 0.25) is 23.2 Å². The number of esters is 1. The van der Waals surface area contributed by atoms with Gasteiger partial charge in [-0.2, -0.15) is 4.39 Å². The van der Waals surface area contributed by atoms with E-state index in [-0.39, 0.29) is 19.0 Å². The van der Waals surface area contributed by atoms with Gasteiger partial charge in [-0.1, -0.05) is 45.9 Å². The molecule has 2 unspecified atom stereocenters. The van der Waals surface area contributed by atoms with Crippen molar-refractivity contribution in [2.24, 2.45) is 5.92 Å². The number of nitrogens with zero attached hydrogens (tertiary/aromatic N) is 1. The summed E-state index contributed by atoms with van der Waals surface area (Å²) in [5, 5.41) is 2.45. The molecule has 12 heteroatoms. The average Bonchev–Trinajstić information content (AvgIpc) is 3.00. The molecule has 0 aliphatic carbocycles. The van der Waals surface area contributed by atoms with E-state index in [9.17, 15) is 32.3 Å².